The standard InChI is InChI=1S/C23H24N2O5S/c1-3-11-25-19-12-16(5-10-21(19)30-13-23(25)28)20(26)14-31-15-22(27)24-17-6-8-18(9-7-17)29-4-2/h3,5-10,12H,1,4,11,13-15H2,2H3,(H,24,27). The summed E-state index contributed by atoms with van der Waals surface area (Å²) < 4.78 is 10.8. The van der Waals surface area contributed by atoms with Crippen LogP contribution in [0.25, 0.3) is 0 Å². The van der Waals surface area contributed by atoms with E-state index in [1.165, 1.54) is 11.8 Å². The highest BCUT2D eigenvalue weighted by molar-refractivity contribution is 8.00. The smallest absolute Gasteiger partial charge is 0.265 e. The Labute approximate surface area is 185 Å². The van der Waals surface area contributed by atoms with E-state index in [0.717, 1.165) is 5.75 Å². The molecular weight excluding hydrogens is 416 g/mol. The van der Waals surface area contributed by atoms with Crippen molar-refractivity contribution in [2.75, 3.05) is 41.5 Å². The number of ether oxygens (including phenoxy) is 2. The summed E-state index contributed by atoms with van der Waals surface area (Å²) in [6.45, 7) is 6.46. The zero-order valence-corrected chi connectivity index (χ0v) is 18.1. The number of rotatable bonds is 10. The Morgan fingerprint density at radius 2 is 2.00 bits per heavy atom. The van der Waals surface area contributed by atoms with E-state index in [1.54, 1.807) is 53.4 Å². The highest BCUT2D eigenvalue weighted by Gasteiger charge is 2.25. The van der Waals surface area contributed by atoms with E-state index in [0.29, 0.717) is 35.8 Å². The predicted molar refractivity (Wildman–Crippen MR) is 122 cm³/mol. The summed E-state index contributed by atoms with van der Waals surface area (Å²) in [5, 5.41) is 2.79. The van der Waals surface area contributed by atoms with Gasteiger partial charge < -0.3 is 19.7 Å². The second kappa shape index (κ2) is 10.7. The molecule has 0 radical (unpaired) electrons. The van der Waals surface area contributed by atoms with E-state index in [-0.39, 0.29) is 35.7 Å². The van der Waals surface area contributed by atoms with Crippen molar-refractivity contribution in [3.05, 3.63) is 60.7 Å². The lowest BCUT2D eigenvalue weighted by molar-refractivity contribution is -0.121. The van der Waals surface area contributed by atoms with Crippen molar-refractivity contribution in [3.8, 4) is 11.5 Å². The van der Waals surface area contributed by atoms with Gasteiger partial charge in [0.2, 0.25) is 5.91 Å². The number of ketones is 1. The molecule has 0 aliphatic carbocycles. The number of Topliss-reactive ketones (excluding diaryl/α,β-unsaturated/α-hetero) is 1. The fourth-order valence-corrected chi connectivity index (χ4v) is 3.73. The minimum absolute atomic E-state index is 0.0343. The molecule has 2 aromatic carbocycles. The van der Waals surface area contributed by atoms with Gasteiger partial charge in [-0.2, -0.15) is 0 Å². The van der Waals surface area contributed by atoms with Gasteiger partial charge >= 0.3 is 0 Å². The minimum atomic E-state index is -0.191. The van der Waals surface area contributed by atoms with Crippen molar-refractivity contribution >= 4 is 40.7 Å². The molecule has 1 heterocycles. The lowest BCUT2D eigenvalue weighted by Gasteiger charge is -2.28. The maximum absolute atomic E-state index is 12.6. The molecule has 0 unspecified atom stereocenters. The number of hydrogen-bond donors (Lipinski definition) is 1. The van der Waals surface area contributed by atoms with Gasteiger partial charge in [0.25, 0.3) is 5.91 Å². The van der Waals surface area contributed by atoms with E-state index < -0.39 is 0 Å². The fourth-order valence-electron chi connectivity index (χ4n) is 3.02. The lowest BCUT2D eigenvalue weighted by atomic mass is 10.1. The van der Waals surface area contributed by atoms with Crippen molar-refractivity contribution in [1.82, 2.24) is 0 Å². The Morgan fingerprint density at radius 3 is 2.71 bits per heavy atom. The van der Waals surface area contributed by atoms with Gasteiger partial charge in [-0.25, -0.2) is 0 Å². The minimum Gasteiger partial charge on any atom is -0.494 e. The van der Waals surface area contributed by atoms with Gasteiger partial charge in [0.05, 0.1) is 23.8 Å². The van der Waals surface area contributed by atoms with E-state index >= 15 is 0 Å². The first-order chi connectivity index (χ1) is 15.0. The Balaban J connectivity index is 1.53. The molecule has 1 aliphatic rings. The van der Waals surface area contributed by atoms with Crippen LogP contribution in [0.3, 0.4) is 0 Å². The molecule has 0 saturated carbocycles. The van der Waals surface area contributed by atoms with Gasteiger partial charge in [0, 0.05) is 17.8 Å². The number of nitrogens with zero attached hydrogens (tertiary/aromatic N) is 1. The number of benzene rings is 2. The first kappa shape index (κ1) is 22.4. The van der Waals surface area contributed by atoms with Crippen LogP contribution in [0.1, 0.15) is 17.3 Å². The second-order valence-corrected chi connectivity index (χ2v) is 7.67. The first-order valence-electron chi connectivity index (χ1n) is 9.83. The molecule has 3 rings (SSSR count). The maximum atomic E-state index is 12.6. The lowest BCUT2D eigenvalue weighted by Crippen LogP contribution is -2.38. The number of carbonyl (C=O) groups is 3. The number of amides is 2. The number of thioether (sulfide) groups is 1. The van der Waals surface area contributed by atoms with Crippen LogP contribution in [0.15, 0.2) is 55.1 Å². The third-order valence-corrected chi connectivity index (χ3v) is 5.38. The third kappa shape index (κ3) is 5.88. The Morgan fingerprint density at radius 1 is 1.23 bits per heavy atom. The summed E-state index contributed by atoms with van der Waals surface area (Å²) >= 11 is 1.23. The topological polar surface area (TPSA) is 84.9 Å². The Hall–Kier alpha value is -3.26. The summed E-state index contributed by atoms with van der Waals surface area (Å²) in [7, 11) is 0. The van der Waals surface area contributed by atoms with Gasteiger partial charge in [-0.15, -0.1) is 18.3 Å². The maximum Gasteiger partial charge on any atom is 0.265 e. The Kier molecular flexibility index (Phi) is 7.72. The first-order valence-corrected chi connectivity index (χ1v) is 11.0. The largest absolute Gasteiger partial charge is 0.494 e. The van der Waals surface area contributed by atoms with E-state index in [9.17, 15) is 14.4 Å². The fraction of sp³-hybridized carbons (Fsp3) is 0.261. The van der Waals surface area contributed by atoms with Gasteiger partial charge in [-0.1, -0.05) is 6.08 Å². The molecule has 7 nitrogen and oxygen atoms in total. The highest BCUT2D eigenvalue weighted by atomic mass is 32.2. The summed E-state index contributed by atoms with van der Waals surface area (Å²) in [5.41, 5.74) is 1.69. The van der Waals surface area contributed by atoms with Crippen molar-refractivity contribution in [2.24, 2.45) is 0 Å². The molecule has 0 atom stereocenters. The summed E-state index contributed by atoms with van der Waals surface area (Å²) in [4.78, 5) is 38.4. The number of anilines is 2. The van der Waals surface area contributed by atoms with Gasteiger partial charge in [0.15, 0.2) is 12.4 Å². The molecule has 0 saturated heterocycles. The molecule has 2 amide bonds. The molecule has 2 aromatic rings. The van der Waals surface area contributed by atoms with Gasteiger partial charge in [-0.05, 0) is 49.4 Å². The van der Waals surface area contributed by atoms with Gasteiger partial charge in [0.1, 0.15) is 11.5 Å². The molecule has 0 aromatic heterocycles. The van der Waals surface area contributed by atoms with Crippen LogP contribution in [0.2, 0.25) is 0 Å². The van der Waals surface area contributed by atoms with Crippen molar-refractivity contribution in [2.45, 2.75) is 6.92 Å². The van der Waals surface area contributed by atoms with Gasteiger partial charge in [-0.3, -0.25) is 14.4 Å². The molecular formula is C23H24N2O5S. The summed E-state index contributed by atoms with van der Waals surface area (Å²) in [6.07, 6.45) is 1.63. The average Bonchev–Trinajstić information content (AvgIpc) is 2.77. The third-order valence-electron chi connectivity index (χ3n) is 4.45. The number of fused-ring (bicyclic) bond motifs is 1. The summed E-state index contributed by atoms with van der Waals surface area (Å²) in [5.74, 6) is 1.09. The molecule has 0 fully saturated rings. The second-order valence-electron chi connectivity index (χ2n) is 6.69. The molecule has 0 bridgehead atoms. The van der Waals surface area contributed by atoms with Crippen LogP contribution in [0.5, 0.6) is 11.5 Å². The zero-order valence-electron chi connectivity index (χ0n) is 17.3. The zero-order chi connectivity index (χ0) is 22.2. The predicted octanol–water partition coefficient (Wildman–Crippen LogP) is 3.55. The monoisotopic (exact) mass is 440 g/mol. The van der Waals surface area contributed by atoms with Crippen molar-refractivity contribution in [1.29, 1.82) is 0 Å². The van der Waals surface area contributed by atoms with E-state index in [1.807, 2.05) is 6.92 Å². The SMILES string of the molecule is C=CCN1C(=O)COc2ccc(C(=O)CSCC(=O)Nc3ccc(OCC)cc3)cc21. The molecule has 162 valence electrons. The van der Waals surface area contributed by atoms with Crippen LogP contribution >= 0.6 is 11.8 Å². The number of nitrogens with one attached hydrogen (secondary N) is 1. The molecule has 1 aliphatic heterocycles. The normalized spacial score (nSPS) is 12.5. The van der Waals surface area contributed by atoms with E-state index in [4.69, 9.17) is 9.47 Å². The van der Waals surface area contributed by atoms with Crippen LogP contribution in [-0.2, 0) is 9.59 Å². The van der Waals surface area contributed by atoms with Crippen molar-refractivity contribution in [3.63, 3.8) is 0 Å². The number of hydrogen-bond acceptors (Lipinski definition) is 6. The molecule has 8 heteroatoms. The molecule has 31 heavy (non-hydrogen) atoms. The summed E-state index contributed by atoms with van der Waals surface area (Å²) in [6, 6.07) is 12.1. The molecule has 0 spiro atoms. The van der Waals surface area contributed by atoms with Crippen molar-refractivity contribution < 1.29 is 23.9 Å². The highest BCUT2D eigenvalue weighted by Crippen LogP contribution is 2.33. The van der Waals surface area contributed by atoms with Crippen LogP contribution in [0.4, 0.5) is 11.4 Å². The quantitative estimate of drug-likeness (QED) is 0.449. The van der Waals surface area contributed by atoms with Crippen LogP contribution < -0.4 is 19.7 Å². The van der Waals surface area contributed by atoms with E-state index in [2.05, 4.69) is 11.9 Å². The average molecular weight is 441 g/mol. The number of carbonyl (C=O) groups excluding carboxylic acids is 3. The van der Waals surface area contributed by atoms with Crippen LogP contribution in [-0.4, -0.2) is 48.9 Å². The van der Waals surface area contributed by atoms with Crippen LogP contribution in [0, 0.1) is 0 Å². The molecule has 1 N–H and O–H groups in total. The Bertz CT molecular complexity index is 974.